The average Bonchev–Trinajstić information content (AvgIpc) is 2.24. The average molecular weight is 294 g/mol. The molecule has 0 bridgehead atoms. The van der Waals surface area contributed by atoms with Gasteiger partial charge in [-0.05, 0) is 35.8 Å². The summed E-state index contributed by atoms with van der Waals surface area (Å²) in [4.78, 5) is 0. The van der Waals surface area contributed by atoms with Crippen molar-refractivity contribution < 1.29 is 13.5 Å². The smallest absolute Gasteiger partial charge is 0.149 e. The quantitative estimate of drug-likeness (QED) is 0.857. The predicted molar refractivity (Wildman–Crippen MR) is 63.6 cm³/mol. The van der Waals surface area contributed by atoms with E-state index in [4.69, 9.17) is 4.74 Å². The van der Waals surface area contributed by atoms with Gasteiger partial charge in [0.15, 0.2) is 0 Å². The van der Waals surface area contributed by atoms with Crippen LogP contribution in [0.25, 0.3) is 0 Å². The maximum atomic E-state index is 13.4. The SMILES string of the molecule is COC(C)C(C)Nc1cc(Br)c(F)cc1F. The molecule has 0 amide bonds. The molecule has 1 aromatic carbocycles. The molecule has 0 fully saturated rings. The summed E-state index contributed by atoms with van der Waals surface area (Å²) in [5.74, 6) is -1.23. The lowest BCUT2D eigenvalue weighted by Gasteiger charge is -2.21. The van der Waals surface area contributed by atoms with Crippen LogP contribution in [0.1, 0.15) is 13.8 Å². The first-order valence-corrected chi connectivity index (χ1v) is 5.69. The Labute approximate surface area is 102 Å². The Morgan fingerprint density at radius 1 is 1.25 bits per heavy atom. The first-order valence-electron chi connectivity index (χ1n) is 4.89. The number of nitrogens with one attached hydrogen (secondary N) is 1. The number of hydrogen-bond donors (Lipinski definition) is 1. The zero-order valence-corrected chi connectivity index (χ0v) is 10.9. The molecule has 0 radical (unpaired) electrons. The molecule has 0 aliphatic heterocycles. The molecule has 0 saturated heterocycles. The Hall–Kier alpha value is -0.680. The minimum Gasteiger partial charge on any atom is -0.380 e. The minimum absolute atomic E-state index is 0.0665. The second-order valence-electron chi connectivity index (χ2n) is 3.62. The lowest BCUT2D eigenvalue weighted by atomic mass is 10.2. The van der Waals surface area contributed by atoms with Crippen LogP contribution in [0, 0.1) is 11.6 Å². The number of halogens is 3. The van der Waals surface area contributed by atoms with E-state index in [0.717, 1.165) is 6.07 Å². The van der Waals surface area contributed by atoms with Gasteiger partial charge in [0.2, 0.25) is 0 Å². The molecular weight excluding hydrogens is 280 g/mol. The van der Waals surface area contributed by atoms with Crippen LogP contribution in [-0.4, -0.2) is 19.3 Å². The summed E-state index contributed by atoms with van der Waals surface area (Å²) in [6, 6.07) is 2.15. The molecule has 2 atom stereocenters. The van der Waals surface area contributed by atoms with E-state index in [1.807, 2.05) is 13.8 Å². The van der Waals surface area contributed by atoms with Crippen LogP contribution >= 0.6 is 15.9 Å². The lowest BCUT2D eigenvalue weighted by Crippen LogP contribution is -2.30. The summed E-state index contributed by atoms with van der Waals surface area (Å²) >= 11 is 3.01. The molecule has 16 heavy (non-hydrogen) atoms. The fourth-order valence-corrected chi connectivity index (χ4v) is 1.54. The molecule has 0 spiro atoms. The molecule has 5 heteroatoms. The van der Waals surface area contributed by atoms with Crippen molar-refractivity contribution in [3.63, 3.8) is 0 Å². The second kappa shape index (κ2) is 5.59. The van der Waals surface area contributed by atoms with Crippen LogP contribution in [0.15, 0.2) is 16.6 Å². The van der Waals surface area contributed by atoms with Gasteiger partial charge >= 0.3 is 0 Å². The molecular formula is C11H14BrF2NO. The molecule has 1 rings (SSSR count). The van der Waals surface area contributed by atoms with Crippen LogP contribution in [0.2, 0.25) is 0 Å². The number of anilines is 1. The van der Waals surface area contributed by atoms with Gasteiger partial charge in [-0.1, -0.05) is 0 Å². The third kappa shape index (κ3) is 3.15. The molecule has 0 heterocycles. The zero-order chi connectivity index (χ0) is 12.3. The molecule has 2 unspecified atom stereocenters. The van der Waals surface area contributed by atoms with Gasteiger partial charge in [0.05, 0.1) is 16.3 Å². The Kier molecular flexibility index (Phi) is 4.68. The maximum Gasteiger partial charge on any atom is 0.149 e. The monoisotopic (exact) mass is 293 g/mol. The van der Waals surface area contributed by atoms with Crippen LogP contribution in [-0.2, 0) is 4.74 Å². The molecule has 0 aliphatic rings. The van der Waals surface area contributed by atoms with Gasteiger partial charge < -0.3 is 10.1 Å². The highest BCUT2D eigenvalue weighted by molar-refractivity contribution is 9.10. The highest BCUT2D eigenvalue weighted by Crippen LogP contribution is 2.24. The van der Waals surface area contributed by atoms with Gasteiger partial charge in [-0.2, -0.15) is 0 Å². The molecule has 0 aromatic heterocycles. The van der Waals surface area contributed by atoms with Crippen molar-refractivity contribution in [2.75, 3.05) is 12.4 Å². The van der Waals surface area contributed by atoms with Crippen LogP contribution in [0.5, 0.6) is 0 Å². The van der Waals surface area contributed by atoms with Gasteiger partial charge in [-0.15, -0.1) is 0 Å². The minimum atomic E-state index is -0.615. The van der Waals surface area contributed by atoms with Gasteiger partial charge in [-0.25, -0.2) is 8.78 Å². The zero-order valence-electron chi connectivity index (χ0n) is 9.35. The van der Waals surface area contributed by atoms with E-state index in [0.29, 0.717) is 0 Å². The van der Waals surface area contributed by atoms with Crippen molar-refractivity contribution in [1.82, 2.24) is 0 Å². The van der Waals surface area contributed by atoms with Crippen LogP contribution < -0.4 is 5.32 Å². The van der Waals surface area contributed by atoms with Crippen molar-refractivity contribution in [1.29, 1.82) is 0 Å². The molecule has 0 saturated carbocycles. The van der Waals surface area contributed by atoms with Crippen LogP contribution in [0.4, 0.5) is 14.5 Å². The molecule has 1 aromatic rings. The first kappa shape index (κ1) is 13.4. The number of ether oxygens (including phenoxy) is 1. The van der Waals surface area contributed by atoms with E-state index in [1.54, 1.807) is 7.11 Å². The van der Waals surface area contributed by atoms with E-state index >= 15 is 0 Å². The summed E-state index contributed by atoms with van der Waals surface area (Å²) in [6.45, 7) is 3.74. The van der Waals surface area contributed by atoms with Crippen molar-refractivity contribution in [2.24, 2.45) is 0 Å². The second-order valence-corrected chi connectivity index (χ2v) is 4.47. The third-order valence-electron chi connectivity index (χ3n) is 2.47. The van der Waals surface area contributed by atoms with Crippen molar-refractivity contribution in [2.45, 2.75) is 26.0 Å². The molecule has 0 aliphatic carbocycles. The normalized spacial score (nSPS) is 14.6. The highest BCUT2D eigenvalue weighted by Gasteiger charge is 2.14. The van der Waals surface area contributed by atoms with E-state index < -0.39 is 11.6 Å². The fraction of sp³-hybridized carbons (Fsp3) is 0.455. The van der Waals surface area contributed by atoms with Gasteiger partial charge in [-0.3, -0.25) is 0 Å². The highest BCUT2D eigenvalue weighted by atomic mass is 79.9. The van der Waals surface area contributed by atoms with Gasteiger partial charge in [0, 0.05) is 19.2 Å². The Bertz CT molecular complexity index is 373. The van der Waals surface area contributed by atoms with Gasteiger partial charge in [0.25, 0.3) is 0 Å². The third-order valence-corrected chi connectivity index (χ3v) is 3.08. The van der Waals surface area contributed by atoms with Crippen LogP contribution in [0.3, 0.4) is 0 Å². The van der Waals surface area contributed by atoms with E-state index in [1.165, 1.54) is 6.07 Å². The topological polar surface area (TPSA) is 21.3 Å². The lowest BCUT2D eigenvalue weighted by molar-refractivity contribution is 0.106. The van der Waals surface area contributed by atoms with Crippen molar-refractivity contribution >= 4 is 21.6 Å². The summed E-state index contributed by atoms with van der Waals surface area (Å²) in [5, 5.41) is 2.93. The standard InChI is InChI=1S/C11H14BrF2NO/c1-6(7(2)16-3)15-11-4-8(12)9(13)5-10(11)14/h4-7,15H,1-3H3. The van der Waals surface area contributed by atoms with Crippen molar-refractivity contribution in [3.05, 3.63) is 28.2 Å². The summed E-state index contributed by atoms with van der Waals surface area (Å²) in [5.41, 5.74) is 0.254. The number of hydrogen-bond acceptors (Lipinski definition) is 2. The van der Waals surface area contributed by atoms with E-state index in [9.17, 15) is 8.78 Å². The van der Waals surface area contributed by atoms with Gasteiger partial charge in [0.1, 0.15) is 11.6 Å². The maximum absolute atomic E-state index is 13.4. The largest absolute Gasteiger partial charge is 0.380 e. The number of methoxy groups -OCH3 is 1. The Morgan fingerprint density at radius 3 is 2.44 bits per heavy atom. The number of rotatable bonds is 4. The summed E-state index contributed by atoms with van der Waals surface area (Å²) in [7, 11) is 1.58. The summed E-state index contributed by atoms with van der Waals surface area (Å²) < 4.78 is 31.7. The molecule has 90 valence electrons. The number of benzene rings is 1. The van der Waals surface area contributed by atoms with E-state index in [2.05, 4.69) is 21.2 Å². The van der Waals surface area contributed by atoms with E-state index in [-0.39, 0.29) is 22.3 Å². The van der Waals surface area contributed by atoms with Crippen molar-refractivity contribution in [3.8, 4) is 0 Å². The fourth-order valence-electron chi connectivity index (χ4n) is 1.20. The first-order chi connectivity index (χ1) is 7.45. The Balaban J connectivity index is 2.85. The summed E-state index contributed by atoms with van der Waals surface area (Å²) in [6.07, 6.45) is -0.0665. The Morgan fingerprint density at radius 2 is 1.88 bits per heavy atom. The molecule has 2 nitrogen and oxygen atoms in total. The predicted octanol–water partition coefficient (Wildman–Crippen LogP) is 3.56. The molecule has 1 N–H and O–H groups in total.